The Balaban J connectivity index is 1.75. The van der Waals surface area contributed by atoms with Crippen LogP contribution < -0.4 is 0 Å². The van der Waals surface area contributed by atoms with E-state index in [9.17, 15) is 17.2 Å². The minimum atomic E-state index is -3.01. The molecule has 1 atom stereocenters. The normalized spacial score (nSPS) is 18.2. The predicted octanol–water partition coefficient (Wildman–Crippen LogP) is 3.42. The molecule has 0 amide bonds. The molecular formula is C20H20F2N4O2S2. The molecule has 2 heterocycles. The number of nitrogens with zero attached hydrogens (tertiary/aromatic N) is 4. The van der Waals surface area contributed by atoms with Gasteiger partial charge >= 0.3 is 0 Å². The van der Waals surface area contributed by atoms with Crippen LogP contribution in [0.5, 0.6) is 0 Å². The number of hydrogen-bond acceptors (Lipinski definition) is 5. The van der Waals surface area contributed by atoms with Gasteiger partial charge < -0.3 is 0 Å². The van der Waals surface area contributed by atoms with Crippen molar-refractivity contribution in [1.29, 1.82) is 0 Å². The first-order valence-electron chi connectivity index (χ1n) is 9.36. The van der Waals surface area contributed by atoms with Crippen LogP contribution in [0.4, 0.5) is 8.78 Å². The Morgan fingerprint density at radius 3 is 2.27 bits per heavy atom. The Kier molecular flexibility index (Phi) is 5.56. The van der Waals surface area contributed by atoms with Crippen LogP contribution in [0.25, 0.3) is 17.1 Å². The highest BCUT2D eigenvalue weighted by atomic mass is 32.2. The third kappa shape index (κ3) is 4.21. The van der Waals surface area contributed by atoms with Crippen LogP contribution in [-0.4, -0.2) is 52.3 Å². The summed E-state index contributed by atoms with van der Waals surface area (Å²) >= 11 is 5.64. The van der Waals surface area contributed by atoms with Gasteiger partial charge in [-0.05, 0) is 74.2 Å². The van der Waals surface area contributed by atoms with Crippen LogP contribution >= 0.6 is 12.2 Å². The quantitative estimate of drug-likeness (QED) is 0.558. The van der Waals surface area contributed by atoms with Crippen molar-refractivity contribution < 1.29 is 17.2 Å². The Bertz CT molecular complexity index is 1220. The minimum absolute atomic E-state index is 0.109. The summed E-state index contributed by atoms with van der Waals surface area (Å²) in [7, 11) is -1.18. The fourth-order valence-corrected chi connectivity index (χ4v) is 5.65. The highest BCUT2D eigenvalue weighted by Crippen LogP contribution is 2.24. The van der Waals surface area contributed by atoms with Gasteiger partial charge in [0.25, 0.3) is 0 Å². The average Bonchev–Trinajstić information content (AvgIpc) is 3.23. The van der Waals surface area contributed by atoms with Gasteiger partial charge in [0.15, 0.2) is 15.7 Å². The summed E-state index contributed by atoms with van der Waals surface area (Å²) in [6.45, 7) is 0.293. The van der Waals surface area contributed by atoms with E-state index < -0.39 is 9.84 Å². The van der Waals surface area contributed by atoms with E-state index in [4.69, 9.17) is 12.2 Å². The SMILES string of the molecule is CN(Cn1nc(-c2ccc(F)cc2)n(-c2ccc(F)cc2)c1=S)[C@H]1CCS(=O)(=O)C1. The van der Waals surface area contributed by atoms with E-state index in [1.807, 2.05) is 11.9 Å². The van der Waals surface area contributed by atoms with E-state index in [0.717, 1.165) is 0 Å². The van der Waals surface area contributed by atoms with Crippen molar-refractivity contribution in [3.63, 3.8) is 0 Å². The van der Waals surface area contributed by atoms with Gasteiger partial charge in [-0.3, -0.25) is 9.47 Å². The van der Waals surface area contributed by atoms with Gasteiger partial charge in [0, 0.05) is 11.6 Å². The van der Waals surface area contributed by atoms with Crippen LogP contribution in [0.2, 0.25) is 0 Å². The summed E-state index contributed by atoms with van der Waals surface area (Å²) in [5.41, 5.74) is 1.27. The van der Waals surface area contributed by atoms with Crippen LogP contribution in [0, 0.1) is 16.4 Å². The van der Waals surface area contributed by atoms with E-state index in [1.54, 1.807) is 33.5 Å². The molecule has 0 saturated carbocycles. The van der Waals surface area contributed by atoms with Gasteiger partial charge in [0.05, 0.1) is 23.9 Å². The molecule has 3 aromatic rings. The van der Waals surface area contributed by atoms with Crippen molar-refractivity contribution >= 4 is 22.1 Å². The second-order valence-electron chi connectivity index (χ2n) is 7.38. The van der Waals surface area contributed by atoms with Crippen molar-refractivity contribution in [2.24, 2.45) is 0 Å². The van der Waals surface area contributed by atoms with Crippen molar-refractivity contribution in [2.45, 2.75) is 19.1 Å². The molecule has 0 aliphatic carbocycles. The van der Waals surface area contributed by atoms with Crippen molar-refractivity contribution in [2.75, 3.05) is 18.6 Å². The van der Waals surface area contributed by atoms with Crippen LogP contribution in [0.3, 0.4) is 0 Å². The fourth-order valence-electron chi connectivity index (χ4n) is 3.56. The Morgan fingerprint density at radius 2 is 1.70 bits per heavy atom. The third-order valence-corrected chi connectivity index (χ3v) is 7.36. The van der Waals surface area contributed by atoms with E-state index in [-0.39, 0.29) is 29.2 Å². The Hall–Kier alpha value is -2.43. The molecule has 10 heteroatoms. The van der Waals surface area contributed by atoms with E-state index >= 15 is 0 Å². The molecule has 1 aromatic heterocycles. The molecule has 0 radical (unpaired) electrons. The highest BCUT2D eigenvalue weighted by molar-refractivity contribution is 7.91. The molecular weight excluding hydrogens is 430 g/mol. The zero-order valence-corrected chi connectivity index (χ0v) is 17.8. The molecule has 0 spiro atoms. The van der Waals surface area contributed by atoms with E-state index in [1.165, 1.54) is 24.3 Å². The second kappa shape index (κ2) is 8.01. The lowest BCUT2D eigenvalue weighted by Crippen LogP contribution is -2.34. The molecule has 6 nitrogen and oxygen atoms in total. The number of halogens is 2. The topological polar surface area (TPSA) is 60.1 Å². The van der Waals surface area contributed by atoms with Crippen molar-refractivity contribution in [3.8, 4) is 17.1 Å². The monoisotopic (exact) mass is 450 g/mol. The number of benzene rings is 2. The standard InChI is InChI=1S/C20H20F2N4O2S2/c1-24(18-10-11-30(27,28)12-18)13-25-20(29)26(17-8-6-16(22)7-9-17)19(23-25)14-2-4-15(21)5-3-14/h2-9,18H,10-13H2,1H3/t18-/m0/s1. The number of sulfone groups is 1. The largest absolute Gasteiger partial charge is 0.283 e. The number of hydrogen-bond donors (Lipinski definition) is 0. The zero-order chi connectivity index (χ0) is 21.5. The van der Waals surface area contributed by atoms with Crippen molar-refractivity contribution in [1.82, 2.24) is 19.2 Å². The summed E-state index contributed by atoms with van der Waals surface area (Å²) in [6, 6.07) is 11.6. The number of aromatic nitrogens is 3. The smallest absolute Gasteiger partial charge is 0.204 e. The third-order valence-electron chi connectivity index (χ3n) is 5.22. The van der Waals surface area contributed by atoms with Gasteiger partial charge in [-0.15, -0.1) is 5.10 Å². The molecule has 2 aromatic carbocycles. The molecule has 4 rings (SSSR count). The minimum Gasteiger partial charge on any atom is -0.283 e. The lowest BCUT2D eigenvalue weighted by molar-refractivity contribution is 0.196. The molecule has 1 aliphatic rings. The molecule has 0 N–H and O–H groups in total. The summed E-state index contributed by atoms with van der Waals surface area (Å²) in [5, 5.41) is 4.62. The highest BCUT2D eigenvalue weighted by Gasteiger charge is 2.31. The number of rotatable bonds is 5. The molecule has 158 valence electrons. The van der Waals surface area contributed by atoms with Gasteiger partial charge in [0.2, 0.25) is 4.77 Å². The van der Waals surface area contributed by atoms with Crippen LogP contribution in [0.1, 0.15) is 6.42 Å². The second-order valence-corrected chi connectivity index (χ2v) is 9.97. The summed E-state index contributed by atoms with van der Waals surface area (Å²) in [4.78, 5) is 1.91. The maximum atomic E-state index is 13.4. The van der Waals surface area contributed by atoms with Crippen LogP contribution in [0.15, 0.2) is 48.5 Å². The first-order chi connectivity index (χ1) is 14.2. The first kappa shape index (κ1) is 20.8. The van der Waals surface area contributed by atoms with Gasteiger partial charge in [-0.1, -0.05) is 0 Å². The average molecular weight is 451 g/mol. The Morgan fingerprint density at radius 1 is 1.10 bits per heavy atom. The van der Waals surface area contributed by atoms with Gasteiger partial charge in [-0.2, -0.15) is 0 Å². The first-order valence-corrected chi connectivity index (χ1v) is 11.6. The maximum Gasteiger partial charge on any atom is 0.204 e. The summed E-state index contributed by atoms with van der Waals surface area (Å²) < 4.78 is 54.1. The lowest BCUT2D eigenvalue weighted by Gasteiger charge is -2.22. The fraction of sp³-hybridized carbons (Fsp3) is 0.300. The Labute approximate surface area is 178 Å². The molecule has 1 fully saturated rings. The van der Waals surface area contributed by atoms with Gasteiger partial charge in [0.1, 0.15) is 11.6 Å². The predicted molar refractivity (Wildman–Crippen MR) is 113 cm³/mol. The molecule has 1 saturated heterocycles. The van der Waals surface area contributed by atoms with Gasteiger partial charge in [-0.25, -0.2) is 21.9 Å². The molecule has 30 heavy (non-hydrogen) atoms. The molecule has 1 aliphatic heterocycles. The molecule has 0 bridgehead atoms. The maximum absolute atomic E-state index is 13.4. The van der Waals surface area contributed by atoms with Crippen molar-refractivity contribution in [3.05, 3.63) is 64.9 Å². The lowest BCUT2D eigenvalue weighted by atomic mass is 10.2. The summed E-state index contributed by atoms with van der Waals surface area (Å²) in [6.07, 6.45) is 0.565. The van der Waals surface area contributed by atoms with Crippen LogP contribution in [-0.2, 0) is 16.5 Å². The molecule has 0 unspecified atom stereocenters. The summed E-state index contributed by atoms with van der Waals surface area (Å²) in [5.74, 6) is 0.0352. The zero-order valence-electron chi connectivity index (χ0n) is 16.2. The van der Waals surface area contributed by atoms with E-state index in [0.29, 0.717) is 34.9 Å². The van der Waals surface area contributed by atoms with E-state index in [2.05, 4.69) is 5.10 Å².